The number of morpholine rings is 1. The summed E-state index contributed by atoms with van der Waals surface area (Å²) < 4.78 is 5.39. The first kappa shape index (κ1) is 11.3. The molecule has 5 nitrogen and oxygen atoms in total. The number of nitrogens with two attached hydrogens (primary N) is 1. The Bertz CT molecular complexity index is 327. The predicted octanol–water partition coefficient (Wildman–Crippen LogP) is 0.203. The maximum atomic E-state index is 5.71. The Labute approximate surface area is 95.6 Å². The van der Waals surface area contributed by atoms with Gasteiger partial charge in [-0.25, -0.2) is 9.97 Å². The zero-order chi connectivity index (χ0) is 11.4. The zero-order valence-electron chi connectivity index (χ0n) is 9.59. The number of ether oxygens (including phenoxy) is 1. The van der Waals surface area contributed by atoms with Gasteiger partial charge in [0.05, 0.1) is 19.3 Å². The lowest BCUT2D eigenvalue weighted by Gasteiger charge is -2.34. The van der Waals surface area contributed by atoms with Crippen molar-refractivity contribution in [2.45, 2.75) is 19.4 Å². The Balaban J connectivity index is 2.14. The fraction of sp³-hybridized carbons (Fsp3) is 0.636. The minimum absolute atomic E-state index is 0.196. The van der Waals surface area contributed by atoms with E-state index < -0.39 is 0 Å². The molecular weight excluding hydrogens is 204 g/mol. The Kier molecular flexibility index (Phi) is 3.69. The lowest BCUT2D eigenvalue weighted by molar-refractivity contribution is 0.0954. The van der Waals surface area contributed by atoms with Gasteiger partial charge in [0.15, 0.2) is 0 Å². The molecule has 16 heavy (non-hydrogen) atoms. The maximum absolute atomic E-state index is 5.71. The highest BCUT2D eigenvalue weighted by Gasteiger charge is 2.23. The highest BCUT2D eigenvalue weighted by Crippen LogP contribution is 2.14. The molecule has 2 N–H and O–H groups in total. The Morgan fingerprint density at radius 3 is 2.88 bits per heavy atom. The summed E-state index contributed by atoms with van der Waals surface area (Å²) in [7, 11) is 0. The lowest BCUT2D eigenvalue weighted by Crippen LogP contribution is -2.50. The molecular formula is C11H18N4O. The van der Waals surface area contributed by atoms with Crippen LogP contribution in [0.3, 0.4) is 0 Å². The number of anilines is 1. The summed E-state index contributed by atoms with van der Waals surface area (Å²) in [5.74, 6) is 0.760. The van der Waals surface area contributed by atoms with Crippen LogP contribution in [-0.4, -0.2) is 42.3 Å². The average Bonchev–Trinajstić information content (AvgIpc) is 2.39. The SMILES string of the molecule is CCc1cnc(N2CCOCC2CN)nc1. The van der Waals surface area contributed by atoms with Gasteiger partial charge in [0.2, 0.25) is 5.95 Å². The molecule has 0 amide bonds. The summed E-state index contributed by atoms with van der Waals surface area (Å²) in [6.07, 6.45) is 4.72. The van der Waals surface area contributed by atoms with E-state index in [1.807, 2.05) is 12.4 Å². The molecule has 0 spiro atoms. The van der Waals surface area contributed by atoms with Gasteiger partial charge in [-0.15, -0.1) is 0 Å². The number of aryl methyl sites for hydroxylation is 1. The van der Waals surface area contributed by atoms with E-state index in [0.29, 0.717) is 13.2 Å². The summed E-state index contributed by atoms with van der Waals surface area (Å²) in [5, 5.41) is 0. The molecule has 88 valence electrons. The van der Waals surface area contributed by atoms with Gasteiger partial charge in [-0.2, -0.15) is 0 Å². The van der Waals surface area contributed by atoms with Gasteiger partial charge in [-0.05, 0) is 12.0 Å². The van der Waals surface area contributed by atoms with Gasteiger partial charge >= 0.3 is 0 Å². The molecule has 1 unspecified atom stereocenters. The van der Waals surface area contributed by atoms with Crippen molar-refractivity contribution in [3.05, 3.63) is 18.0 Å². The monoisotopic (exact) mass is 222 g/mol. The predicted molar refractivity (Wildman–Crippen MR) is 62.4 cm³/mol. The molecule has 1 aromatic heterocycles. The van der Waals surface area contributed by atoms with E-state index in [4.69, 9.17) is 10.5 Å². The molecule has 1 aliphatic heterocycles. The van der Waals surface area contributed by atoms with Crippen molar-refractivity contribution < 1.29 is 4.74 Å². The van der Waals surface area contributed by atoms with Crippen molar-refractivity contribution in [1.82, 2.24) is 9.97 Å². The molecule has 5 heteroatoms. The van der Waals surface area contributed by atoms with E-state index in [9.17, 15) is 0 Å². The second-order valence-corrected chi connectivity index (χ2v) is 3.90. The van der Waals surface area contributed by atoms with Gasteiger partial charge in [0.25, 0.3) is 0 Å². The number of aromatic nitrogens is 2. The van der Waals surface area contributed by atoms with Gasteiger partial charge in [0.1, 0.15) is 0 Å². The van der Waals surface area contributed by atoms with E-state index in [1.165, 1.54) is 0 Å². The van der Waals surface area contributed by atoms with Crippen molar-refractivity contribution in [2.75, 3.05) is 31.2 Å². The molecule has 0 aromatic carbocycles. The van der Waals surface area contributed by atoms with Crippen LogP contribution in [0.1, 0.15) is 12.5 Å². The molecule has 0 aliphatic carbocycles. The molecule has 0 radical (unpaired) electrons. The van der Waals surface area contributed by atoms with Gasteiger partial charge in [-0.3, -0.25) is 0 Å². The van der Waals surface area contributed by atoms with Crippen molar-refractivity contribution in [1.29, 1.82) is 0 Å². The highest BCUT2D eigenvalue weighted by molar-refractivity contribution is 5.32. The zero-order valence-corrected chi connectivity index (χ0v) is 9.59. The largest absolute Gasteiger partial charge is 0.377 e. The van der Waals surface area contributed by atoms with Crippen LogP contribution in [0, 0.1) is 0 Å². The van der Waals surface area contributed by atoms with E-state index in [0.717, 1.165) is 31.1 Å². The second kappa shape index (κ2) is 5.23. The van der Waals surface area contributed by atoms with E-state index in [2.05, 4.69) is 21.8 Å². The van der Waals surface area contributed by atoms with Crippen LogP contribution < -0.4 is 10.6 Å². The van der Waals surface area contributed by atoms with Gasteiger partial charge in [0, 0.05) is 25.5 Å². The first-order valence-corrected chi connectivity index (χ1v) is 5.70. The third-order valence-corrected chi connectivity index (χ3v) is 2.86. The van der Waals surface area contributed by atoms with E-state index in [1.54, 1.807) is 0 Å². The smallest absolute Gasteiger partial charge is 0.225 e. The first-order chi connectivity index (χ1) is 7.85. The minimum atomic E-state index is 0.196. The molecule has 2 heterocycles. The number of hydrogen-bond donors (Lipinski definition) is 1. The number of rotatable bonds is 3. The first-order valence-electron chi connectivity index (χ1n) is 5.70. The summed E-state index contributed by atoms with van der Waals surface area (Å²) in [4.78, 5) is 10.9. The number of hydrogen-bond acceptors (Lipinski definition) is 5. The van der Waals surface area contributed by atoms with E-state index >= 15 is 0 Å². The van der Waals surface area contributed by atoms with Crippen LogP contribution in [0.25, 0.3) is 0 Å². The summed E-state index contributed by atoms with van der Waals surface area (Å²) in [6, 6.07) is 0.196. The Hall–Kier alpha value is -1.20. The molecule has 2 rings (SSSR count). The van der Waals surface area contributed by atoms with Crippen molar-refractivity contribution >= 4 is 5.95 Å². The van der Waals surface area contributed by atoms with Gasteiger partial charge in [-0.1, -0.05) is 6.92 Å². The quantitative estimate of drug-likeness (QED) is 0.791. The van der Waals surface area contributed by atoms with Crippen LogP contribution in [0.15, 0.2) is 12.4 Å². The maximum Gasteiger partial charge on any atom is 0.225 e. The summed E-state index contributed by atoms with van der Waals surface area (Å²) in [5.41, 5.74) is 6.86. The molecule has 1 aliphatic rings. The summed E-state index contributed by atoms with van der Waals surface area (Å²) >= 11 is 0. The van der Waals surface area contributed by atoms with Crippen molar-refractivity contribution in [2.24, 2.45) is 5.73 Å². The molecule has 1 atom stereocenters. The lowest BCUT2D eigenvalue weighted by atomic mass is 10.2. The van der Waals surface area contributed by atoms with Crippen LogP contribution in [0.5, 0.6) is 0 Å². The minimum Gasteiger partial charge on any atom is -0.377 e. The second-order valence-electron chi connectivity index (χ2n) is 3.90. The molecule has 0 bridgehead atoms. The standard InChI is InChI=1S/C11H18N4O/c1-2-9-6-13-11(14-7-9)15-3-4-16-8-10(15)5-12/h6-7,10H,2-5,8,12H2,1H3. The van der Waals surface area contributed by atoms with Crippen molar-refractivity contribution in [3.8, 4) is 0 Å². The van der Waals surface area contributed by atoms with Crippen LogP contribution in [-0.2, 0) is 11.2 Å². The van der Waals surface area contributed by atoms with E-state index in [-0.39, 0.29) is 6.04 Å². The normalized spacial score (nSPS) is 21.1. The van der Waals surface area contributed by atoms with Crippen LogP contribution in [0.2, 0.25) is 0 Å². The average molecular weight is 222 g/mol. The fourth-order valence-electron chi connectivity index (χ4n) is 1.79. The third kappa shape index (κ3) is 2.31. The molecule has 0 saturated carbocycles. The summed E-state index contributed by atoms with van der Waals surface area (Å²) in [6.45, 7) is 4.85. The Morgan fingerprint density at radius 1 is 1.50 bits per heavy atom. The molecule has 1 fully saturated rings. The fourth-order valence-corrected chi connectivity index (χ4v) is 1.79. The molecule has 1 aromatic rings. The molecule has 1 saturated heterocycles. The van der Waals surface area contributed by atoms with Crippen molar-refractivity contribution in [3.63, 3.8) is 0 Å². The van der Waals surface area contributed by atoms with Crippen LogP contribution in [0.4, 0.5) is 5.95 Å². The number of nitrogens with zero attached hydrogens (tertiary/aromatic N) is 3. The third-order valence-electron chi connectivity index (χ3n) is 2.86. The topological polar surface area (TPSA) is 64.3 Å². The van der Waals surface area contributed by atoms with Gasteiger partial charge < -0.3 is 15.4 Å². The Morgan fingerprint density at radius 2 is 2.25 bits per heavy atom. The van der Waals surface area contributed by atoms with Crippen LogP contribution >= 0.6 is 0 Å². The highest BCUT2D eigenvalue weighted by atomic mass is 16.5.